The lowest BCUT2D eigenvalue weighted by Gasteiger charge is -2.45. The molecule has 2 aliphatic rings. The summed E-state index contributed by atoms with van der Waals surface area (Å²) < 4.78 is 40.8. The van der Waals surface area contributed by atoms with Crippen LogP contribution in [0.25, 0.3) is 0 Å². The van der Waals surface area contributed by atoms with E-state index in [0.717, 1.165) is 6.07 Å². The van der Waals surface area contributed by atoms with Crippen molar-refractivity contribution in [1.29, 1.82) is 5.26 Å². The largest absolute Gasteiger partial charge is 0.386 e. The number of pyridine rings is 1. The van der Waals surface area contributed by atoms with Gasteiger partial charge in [-0.2, -0.15) is 5.26 Å². The minimum absolute atomic E-state index is 0.00518. The zero-order valence-electron chi connectivity index (χ0n) is 19.8. The van der Waals surface area contributed by atoms with Gasteiger partial charge in [-0.05, 0) is 76.7 Å². The standard InChI is InChI=1S/C24H27FN6O3S/c1-15-10-16(12-26)13-28-20(15)21(32)29-17-4-5-19(25)18(11-17)23(2)14-35(33,34)24(22(27)30-23)6-8-31(3)9-7-24/h4-5,10-11,13H,6-9,14H2,1-3H3,(H2,27,30)(H,29,32)/t23-/m0/s1. The second-order valence-electron chi connectivity index (χ2n) is 9.48. The van der Waals surface area contributed by atoms with E-state index in [4.69, 9.17) is 11.0 Å². The van der Waals surface area contributed by atoms with Crippen LogP contribution in [0, 0.1) is 24.1 Å². The third kappa shape index (κ3) is 4.28. The van der Waals surface area contributed by atoms with Crippen molar-refractivity contribution in [2.75, 3.05) is 31.2 Å². The van der Waals surface area contributed by atoms with Gasteiger partial charge < -0.3 is 16.0 Å². The van der Waals surface area contributed by atoms with Gasteiger partial charge in [-0.15, -0.1) is 0 Å². The van der Waals surface area contributed by atoms with Crippen molar-refractivity contribution < 1.29 is 17.6 Å². The maximum Gasteiger partial charge on any atom is 0.274 e. The number of nitrogens with zero attached hydrogens (tertiary/aromatic N) is 4. The monoisotopic (exact) mass is 498 g/mol. The lowest BCUT2D eigenvalue weighted by Crippen LogP contribution is -2.62. The van der Waals surface area contributed by atoms with E-state index < -0.39 is 37.6 Å². The maximum atomic E-state index is 15.0. The van der Waals surface area contributed by atoms with E-state index in [9.17, 15) is 13.2 Å². The molecule has 1 spiro atoms. The Morgan fingerprint density at radius 2 is 1.97 bits per heavy atom. The fourth-order valence-corrected chi connectivity index (χ4v) is 7.24. The number of nitrogens with one attached hydrogen (secondary N) is 1. The number of anilines is 1. The van der Waals surface area contributed by atoms with Crippen molar-refractivity contribution in [3.63, 3.8) is 0 Å². The molecule has 0 saturated carbocycles. The van der Waals surface area contributed by atoms with Gasteiger partial charge in [0.2, 0.25) is 0 Å². The van der Waals surface area contributed by atoms with E-state index in [1.807, 2.05) is 18.0 Å². The molecule has 184 valence electrons. The Bertz CT molecular complexity index is 1380. The molecule has 0 radical (unpaired) electrons. The summed E-state index contributed by atoms with van der Waals surface area (Å²) in [7, 11) is -1.83. The number of amidine groups is 1. The minimum Gasteiger partial charge on any atom is -0.386 e. The molecule has 2 aromatic rings. The number of aliphatic imine (C=N–C) groups is 1. The first-order chi connectivity index (χ1) is 16.4. The number of piperidine rings is 1. The average molecular weight is 499 g/mol. The number of halogens is 1. The third-order valence-electron chi connectivity index (χ3n) is 6.92. The fraction of sp³-hybridized carbons (Fsp3) is 0.417. The maximum absolute atomic E-state index is 15.0. The van der Waals surface area contributed by atoms with Crippen molar-refractivity contribution >= 4 is 27.3 Å². The van der Waals surface area contributed by atoms with E-state index in [1.54, 1.807) is 13.0 Å². The second-order valence-corrected chi connectivity index (χ2v) is 11.8. The van der Waals surface area contributed by atoms with Crippen LogP contribution in [-0.4, -0.2) is 60.7 Å². The van der Waals surface area contributed by atoms with Crippen molar-refractivity contribution in [1.82, 2.24) is 9.88 Å². The highest BCUT2D eigenvalue weighted by molar-refractivity contribution is 7.93. The van der Waals surface area contributed by atoms with Crippen molar-refractivity contribution in [3.8, 4) is 6.07 Å². The van der Waals surface area contributed by atoms with Crippen molar-refractivity contribution in [2.45, 2.75) is 37.0 Å². The molecule has 1 atom stereocenters. The number of hydrogen-bond acceptors (Lipinski definition) is 8. The predicted molar refractivity (Wildman–Crippen MR) is 130 cm³/mol. The normalized spacial score (nSPS) is 23.3. The van der Waals surface area contributed by atoms with Gasteiger partial charge in [0.15, 0.2) is 9.84 Å². The Morgan fingerprint density at radius 1 is 1.29 bits per heavy atom. The van der Waals surface area contributed by atoms with E-state index in [0.29, 0.717) is 37.1 Å². The average Bonchev–Trinajstić information content (AvgIpc) is 2.79. The highest BCUT2D eigenvalue weighted by Gasteiger charge is 2.55. The van der Waals surface area contributed by atoms with Crippen LogP contribution in [0.15, 0.2) is 35.5 Å². The number of likely N-dealkylation sites (tertiary alicyclic amines) is 1. The van der Waals surface area contributed by atoms with Gasteiger partial charge in [0.25, 0.3) is 5.91 Å². The summed E-state index contributed by atoms with van der Waals surface area (Å²) in [5.41, 5.74) is 6.07. The molecule has 1 saturated heterocycles. The molecule has 0 unspecified atom stereocenters. The SMILES string of the molecule is Cc1cc(C#N)cnc1C(=O)Nc1ccc(F)c([C@]2(C)CS(=O)(=O)C3(CCN(C)CC3)C(N)=N2)c1. The van der Waals surface area contributed by atoms with Crippen molar-refractivity contribution in [2.24, 2.45) is 10.7 Å². The lowest BCUT2D eigenvalue weighted by atomic mass is 9.90. The number of carbonyl (C=O) groups excluding carboxylic acids is 1. The zero-order chi connectivity index (χ0) is 25.6. The summed E-state index contributed by atoms with van der Waals surface area (Å²) in [6.07, 6.45) is 1.97. The minimum atomic E-state index is -3.76. The summed E-state index contributed by atoms with van der Waals surface area (Å²) in [5.74, 6) is -1.58. The van der Waals surface area contributed by atoms with Crippen LogP contribution in [0.4, 0.5) is 10.1 Å². The number of amides is 1. The Morgan fingerprint density at radius 3 is 2.57 bits per heavy atom. The second kappa shape index (κ2) is 8.70. The number of hydrogen-bond donors (Lipinski definition) is 2. The summed E-state index contributed by atoms with van der Waals surface area (Å²) in [6.45, 7) is 4.34. The van der Waals surface area contributed by atoms with Crippen LogP contribution < -0.4 is 11.1 Å². The molecule has 1 aromatic carbocycles. The molecule has 35 heavy (non-hydrogen) atoms. The Balaban J connectivity index is 1.68. The number of rotatable bonds is 3. The number of carbonyl (C=O) groups is 1. The molecule has 9 nitrogen and oxygen atoms in total. The first-order valence-electron chi connectivity index (χ1n) is 11.2. The summed E-state index contributed by atoms with van der Waals surface area (Å²) in [5, 5.41) is 11.7. The molecule has 1 fully saturated rings. The number of aromatic nitrogens is 1. The number of nitriles is 1. The summed E-state index contributed by atoms with van der Waals surface area (Å²) >= 11 is 0. The molecule has 3 N–H and O–H groups in total. The van der Waals surface area contributed by atoms with Gasteiger partial charge >= 0.3 is 0 Å². The quantitative estimate of drug-likeness (QED) is 0.660. The lowest BCUT2D eigenvalue weighted by molar-refractivity contribution is 0.102. The molecule has 1 amide bonds. The third-order valence-corrected chi connectivity index (χ3v) is 9.67. The molecular weight excluding hydrogens is 471 g/mol. The molecule has 3 heterocycles. The van der Waals surface area contributed by atoms with E-state index in [2.05, 4.69) is 15.3 Å². The van der Waals surface area contributed by atoms with Crippen LogP contribution in [0.3, 0.4) is 0 Å². The Labute approximate surface area is 203 Å². The van der Waals surface area contributed by atoms with Crippen molar-refractivity contribution in [3.05, 3.63) is 58.7 Å². The van der Waals surface area contributed by atoms with Gasteiger partial charge in [0.1, 0.15) is 33.7 Å². The summed E-state index contributed by atoms with van der Waals surface area (Å²) in [6, 6.07) is 7.42. The van der Waals surface area contributed by atoms with E-state index in [-0.39, 0.29) is 22.8 Å². The predicted octanol–water partition coefficient (Wildman–Crippen LogP) is 2.12. The summed E-state index contributed by atoms with van der Waals surface area (Å²) in [4.78, 5) is 23.4. The number of nitrogens with two attached hydrogens (primary N) is 1. The number of benzene rings is 1. The van der Waals surface area contributed by atoms with Gasteiger partial charge in [0, 0.05) is 17.4 Å². The molecule has 1 aromatic heterocycles. The number of aryl methyl sites for hydroxylation is 1. The molecule has 2 aliphatic heterocycles. The Kier molecular flexibility index (Phi) is 6.15. The van der Waals surface area contributed by atoms with E-state index >= 15 is 4.39 Å². The van der Waals surface area contributed by atoms with Gasteiger partial charge in [-0.1, -0.05) is 0 Å². The highest BCUT2D eigenvalue weighted by Crippen LogP contribution is 2.42. The highest BCUT2D eigenvalue weighted by atomic mass is 32.2. The van der Waals surface area contributed by atoms with Gasteiger partial charge in [-0.3, -0.25) is 9.79 Å². The van der Waals surface area contributed by atoms with Crippen LogP contribution >= 0.6 is 0 Å². The molecule has 0 bridgehead atoms. The zero-order valence-corrected chi connectivity index (χ0v) is 20.6. The van der Waals surface area contributed by atoms with Crippen LogP contribution in [0.5, 0.6) is 0 Å². The van der Waals surface area contributed by atoms with Crippen LogP contribution in [0.2, 0.25) is 0 Å². The Hall–Kier alpha value is -3.36. The molecule has 11 heteroatoms. The molecule has 0 aliphatic carbocycles. The van der Waals surface area contributed by atoms with Gasteiger partial charge in [0.05, 0.1) is 11.3 Å². The smallest absolute Gasteiger partial charge is 0.274 e. The molecular formula is C24H27FN6O3S. The molecule has 4 rings (SSSR count). The first kappa shape index (κ1) is 24.8. The first-order valence-corrected chi connectivity index (χ1v) is 12.8. The van der Waals surface area contributed by atoms with Gasteiger partial charge in [-0.25, -0.2) is 17.8 Å². The number of sulfone groups is 1. The van der Waals surface area contributed by atoms with Crippen LogP contribution in [-0.2, 0) is 15.4 Å². The van der Waals surface area contributed by atoms with E-state index in [1.165, 1.54) is 25.3 Å². The topological polar surface area (TPSA) is 142 Å². The fourth-order valence-electron chi connectivity index (χ4n) is 4.83. The van der Waals surface area contributed by atoms with Crippen LogP contribution in [0.1, 0.15) is 46.9 Å².